The molecule has 6 heteroatoms. The van der Waals surface area contributed by atoms with Crippen LogP contribution in [0.3, 0.4) is 0 Å². The number of hydrogen-bond donors (Lipinski definition) is 0. The summed E-state index contributed by atoms with van der Waals surface area (Å²) in [5, 5.41) is 1.90. The Labute approximate surface area is 356 Å². The molecule has 8 aromatic carbocycles. The highest BCUT2D eigenvalue weighted by Crippen LogP contribution is 2.39. The van der Waals surface area contributed by atoms with Gasteiger partial charge in [-0.1, -0.05) is 170 Å². The van der Waals surface area contributed by atoms with Gasteiger partial charge in [-0.3, -0.25) is 0 Å². The van der Waals surface area contributed by atoms with E-state index in [1.807, 2.05) is 48.5 Å². The van der Waals surface area contributed by atoms with Crippen molar-refractivity contribution < 1.29 is 8.83 Å². The molecular weight excluding hydrogens is 761 g/mol. The number of benzene rings is 8. The number of fused-ring (bicyclic) bond motifs is 6. The van der Waals surface area contributed by atoms with Crippen molar-refractivity contribution in [2.75, 3.05) is 0 Å². The van der Waals surface area contributed by atoms with E-state index in [-0.39, 0.29) is 0 Å². The van der Waals surface area contributed by atoms with Crippen LogP contribution >= 0.6 is 0 Å². The molecule has 0 aliphatic rings. The van der Waals surface area contributed by atoms with Crippen molar-refractivity contribution in [3.8, 4) is 78.7 Å². The second kappa shape index (κ2) is 14.7. The van der Waals surface area contributed by atoms with Gasteiger partial charge < -0.3 is 8.83 Å². The van der Waals surface area contributed by atoms with Crippen LogP contribution in [0.5, 0.6) is 0 Å². The van der Waals surface area contributed by atoms with Gasteiger partial charge in [-0.05, 0) is 69.8 Å². The molecule has 0 unspecified atom stereocenters. The molecule has 12 rings (SSSR count). The van der Waals surface area contributed by atoms with Gasteiger partial charge in [0.05, 0.1) is 0 Å². The van der Waals surface area contributed by atoms with E-state index in [4.69, 9.17) is 28.8 Å². The lowest BCUT2D eigenvalue weighted by molar-refractivity contribution is 0.667. The molecule has 0 saturated heterocycles. The van der Waals surface area contributed by atoms with Crippen LogP contribution in [0, 0.1) is 0 Å². The molecular formula is C56H34N4O2. The molecule has 0 radical (unpaired) electrons. The van der Waals surface area contributed by atoms with Crippen molar-refractivity contribution in [1.82, 2.24) is 19.9 Å². The van der Waals surface area contributed by atoms with Crippen LogP contribution in [0.2, 0.25) is 0 Å². The predicted octanol–water partition coefficient (Wildman–Crippen LogP) is 14.7. The molecule has 12 aromatic rings. The van der Waals surface area contributed by atoms with Crippen molar-refractivity contribution >= 4 is 44.1 Å². The van der Waals surface area contributed by atoms with Gasteiger partial charge in [0.1, 0.15) is 33.6 Å². The third kappa shape index (κ3) is 6.21. The molecule has 0 aliphatic heterocycles. The standard InChI is InChI=1S/C56H34N4O2/c1-3-13-35(14-4-1)37-25-29-39(30-26-37)49-53-51(45-21-7-9-23-47(45)61-53)60-56(57-49)44-20-12-18-42(34-44)41-17-11-19-43(33-41)50-54-52(46-22-8-10-24-48(46)62-54)59-55(58-50)40-31-27-38(28-32-40)36-15-5-2-6-16-36/h1-34H. The lowest BCUT2D eigenvalue weighted by Crippen LogP contribution is -1.95. The summed E-state index contributed by atoms with van der Waals surface area (Å²) >= 11 is 0. The molecule has 0 N–H and O–H groups in total. The van der Waals surface area contributed by atoms with Crippen LogP contribution in [0.4, 0.5) is 0 Å². The lowest BCUT2D eigenvalue weighted by atomic mass is 9.99. The number of rotatable bonds is 7. The van der Waals surface area contributed by atoms with Gasteiger partial charge in [-0.2, -0.15) is 0 Å². The Morgan fingerprint density at radius 3 is 1.18 bits per heavy atom. The first-order chi connectivity index (χ1) is 30.7. The van der Waals surface area contributed by atoms with Gasteiger partial charge >= 0.3 is 0 Å². The Balaban J connectivity index is 0.957. The smallest absolute Gasteiger partial charge is 0.180 e. The zero-order valence-corrected chi connectivity index (χ0v) is 33.2. The zero-order chi connectivity index (χ0) is 41.0. The topological polar surface area (TPSA) is 77.8 Å². The minimum Gasteiger partial charge on any atom is -0.452 e. The summed E-state index contributed by atoms with van der Waals surface area (Å²) in [5.41, 5.74) is 16.2. The highest BCUT2D eigenvalue weighted by molar-refractivity contribution is 6.08. The summed E-state index contributed by atoms with van der Waals surface area (Å²) in [6.45, 7) is 0. The van der Waals surface area contributed by atoms with Gasteiger partial charge in [-0.15, -0.1) is 0 Å². The summed E-state index contributed by atoms with van der Waals surface area (Å²) in [6.07, 6.45) is 0. The maximum absolute atomic E-state index is 6.51. The van der Waals surface area contributed by atoms with E-state index in [9.17, 15) is 0 Å². The quantitative estimate of drug-likeness (QED) is 0.160. The summed E-state index contributed by atoms with van der Waals surface area (Å²) in [4.78, 5) is 20.7. The van der Waals surface area contributed by atoms with E-state index in [0.29, 0.717) is 22.8 Å². The van der Waals surface area contributed by atoms with E-state index in [1.165, 1.54) is 0 Å². The van der Waals surface area contributed by atoms with Crippen LogP contribution in [0.25, 0.3) is 123 Å². The van der Waals surface area contributed by atoms with E-state index >= 15 is 0 Å². The zero-order valence-electron chi connectivity index (χ0n) is 33.2. The number of aromatic nitrogens is 4. The molecule has 0 fully saturated rings. The van der Waals surface area contributed by atoms with E-state index in [1.54, 1.807) is 0 Å². The van der Waals surface area contributed by atoms with Crippen LogP contribution in [0.15, 0.2) is 215 Å². The first-order valence-corrected chi connectivity index (χ1v) is 20.6. The first kappa shape index (κ1) is 35.5. The highest BCUT2D eigenvalue weighted by Gasteiger charge is 2.21. The van der Waals surface area contributed by atoms with Crippen molar-refractivity contribution in [3.05, 3.63) is 206 Å². The van der Waals surface area contributed by atoms with Gasteiger partial charge in [0.25, 0.3) is 0 Å². The van der Waals surface area contributed by atoms with Crippen molar-refractivity contribution in [2.45, 2.75) is 0 Å². The SMILES string of the molecule is c1ccc(-c2ccc(-c3nc(-c4cccc(-c5cccc(-c6nc(-c7ccc(-c8ccccc8)cc7)c7oc8ccccc8c7n6)c5)c4)c4oc5ccccc5c4n3)cc2)cc1. The molecule has 290 valence electrons. The minimum atomic E-state index is 0.618. The van der Waals surface area contributed by atoms with Crippen LogP contribution in [0.1, 0.15) is 0 Å². The third-order valence-corrected chi connectivity index (χ3v) is 11.5. The molecule has 0 spiro atoms. The Hall–Kier alpha value is -8.48. The molecule has 62 heavy (non-hydrogen) atoms. The molecule has 0 aliphatic carbocycles. The normalized spacial score (nSPS) is 11.5. The average molecular weight is 795 g/mol. The first-order valence-electron chi connectivity index (χ1n) is 20.6. The molecule has 0 atom stereocenters. The van der Waals surface area contributed by atoms with E-state index in [2.05, 4.69) is 158 Å². The number of para-hydroxylation sites is 2. The maximum atomic E-state index is 6.51. The molecule has 4 heterocycles. The Morgan fingerprint density at radius 2 is 0.629 bits per heavy atom. The van der Waals surface area contributed by atoms with Crippen LogP contribution < -0.4 is 0 Å². The summed E-state index contributed by atoms with van der Waals surface area (Å²) in [7, 11) is 0. The van der Waals surface area contributed by atoms with Crippen molar-refractivity contribution in [3.63, 3.8) is 0 Å². The van der Waals surface area contributed by atoms with Gasteiger partial charge in [-0.25, -0.2) is 19.9 Å². The molecule has 6 nitrogen and oxygen atoms in total. The fraction of sp³-hybridized carbons (Fsp3) is 0. The second-order valence-electron chi connectivity index (χ2n) is 15.4. The monoisotopic (exact) mass is 794 g/mol. The largest absolute Gasteiger partial charge is 0.452 e. The predicted molar refractivity (Wildman–Crippen MR) is 250 cm³/mol. The summed E-state index contributed by atoms with van der Waals surface area (Å²) in [6, 6.07) is 70.6. The fourth-order valence-corrected chi connectivity index (χ4v) is 8.41. The average Bonchev–Trinajstić information content (AvgIpc) is 3.93. The minimum absolute atomic E-state index is 0.618. The molecule has 0 amide bonds. The van der Waals surface area contributed by atoms with Gasteiger partial charge in [0, 0.05) is 33.0 Å². The van der Waals surface area contributed by atoms with Crippen LogP contribution in [-0.2, 0) is 0 Å². The Kier molecular flexibility index (Phi) is 8.38. The summed E-state index contributed by atoms with van der Waals surface area (Å²) < 4.78 is 13.0. The Bertz CT molecular complexity index is 3610. The van der Waals surface area contributed by atoms with E-state index < -0.39 is 0 Å². The van der Waals surface area contributed by atoms with Crippen molar-refractivity contribution in [2.24, 2.45) is 0 Å². The number of nitrogens with zero attached hydrogens (tertiary/aromatic N) is 4. The third-order valence-electron chi connectivity index (χ3n) is 11.5. The second-order valence-corrected chi connectivity index (χ2v) is 15.4. The van der Waals surface area contributed by atoms with Gasteiger partial charge in [0.15, 0.2) is 22.8 Å². The molecule has 4 aromatic heterocycles. The van der Waals surface area contributed by atoms with Crippen molar-refractivity contribution in [1.29, 1.82) is 0 Å². The number of hydrogen-bond acceptors (Lipinski definition) is 6. The molecule has 0 bridgehead atoms. The lowest BCUT2D eigenvalue weighted by Gasteiger charge is -2.10. The van der Waals surface area contributed by atoms with E-state index in [0.717, 1.165) is 100.0 Å². The summed E-state index contributed by atoms with van der Waals surface area (Å²) in [5.74, 6) is 1.25. The maximum Gasteiger partial charge on any atom is 0.180 e. The Morgan fingerprint density at radius 1 is 0.258 bits per heavy atom. The fourth-order valence-electron chi connectivity index (χ4n) is 8.41. The van der Waals surface area contributed by atoms with Gasteiger partial charge in [0.2, 0.25) is 0 Å². The number of furan rings is 2. The van der Waals surface area contributed by atoms with Crippen LogP contribution in [-0.4, -0.2) is 19.9 Å². The molecule has 0 saturated carbocycles. The highest BCUT2D eigenvalue weighted by atomic mass is 16.3.